The van der Waals surface area contributed by atoms with Crippen LogP contribution in [-0.2, 0) is 11.0 Å². The highest BCUT2D eigenvalue weighted by molar-refractivity contribution is 5.70. The van der Waals surface area contributed by atoms with E-state index in [0.717, 1.165) is 11.6 Å². The molecule has 1 saturated heterocycles. The molecule has 0 spiro atoms. The van der Waals surface area contributed by atoms with Gasteiger partial charge >= 0.3 is 12.1 Å². The summed E-state index contributed by atoms with van der Waals surface area (Å²) >= 11 is 0. The number of likely N-dealkylation sites (tertiary alicyclic amines) is 1. The minimum atomic E-state index is -4.44. The van der Waals surface area contributed by atoms with Gasteiger partial charge < -0.3 is 14.6 Å². The summed E-state index contributed by atoms with van der Waals surface area (Å²) in [4.78, 5) is 13.3. The van der Waals surface area contributed by atoms with E-state index in [1.807, 2.05) is 11.0 Å². The lowest BCUT2D eigenvalue weighted by atomic mass is 9.90. The summed E-state index contributed by atoms with van der Waals surface area (Å²) in [6.45, 7) is 1.07. The van der Waals surface area contributed by atoms with E-state index in [2.05, 4.69) is 0 Å². The lowest BCUT2D eigenvalue weighted by Crippen LogP contribution is -2.39. The molecule has 154 valence electrons. The second kappa shape index (κ2) is 7.59. The second-order valence-corrected chi connectivity index (χ2v) is 7.29. The smallest absolute Gasteiger partial charge is 0.416 e. The first-order valence-electron chi connectivity index (χ1n) is 9.36. The van der Waals surface area contributed by atoms with Crippen LogP contribution >= 0.6 is 0 Å². The average Bonchev–Trinajstić information content (AvgIpc) is 3.16. The molecule has 2 aromatic carbocycles. The molecule has 1 fully saturated rings. The third-order valence-electron chi connectivity index (χ3n) is 5.49. The van der Waals surface area contributed by atoms with Gasteiger partial charge in [0.05, 0.1) is 17.5 Å². The Bertz CT molecular complexity index is 907. The zero-order chi connectivity index (χ0) is 20.6. The van der Waals surface area contributed by atoms with E-state index in [1.54, 1.807) is 18.2 Å². The molecule has 2 aromatic rings. The Morgan fingerprint density at radius 3 is 2.41 bits per heavy atom. The van der Waals surface area contributed by atoms with Gasteiger partial charge in [-0.05, 0) is 61.3 Å². The Hall–Kier alpha value is -2.74. The Morgan fingerprint density at radius 1 is 1.03 bits per heavy atom. The predicted molar refractivity (Wildman–Crippen MR) is 97.8 cm³/mol. The van der Waals surface area contributed by atoms with Gasteiger partial charge in [-0.2, -0.15) is 13.2 Å². The summed E-state index contributed by atoms with van der Waals surface area (Å²) in [7, 11) is 0. The maximum Gasteiger partial charge on any atom is 0.416 e. The fourth-order valence-corrected chi connectivity index (χ4v) is 3.99. The van der Waals surface area contributed by atoms with Crippen LogP contribution in [0.1, 0.15) is 35.6 Å². The van der Waals surface area contributed by atoms with E-state index in [0.29, 0.717) is 43.0 Å². The molecule has 2 heterocycles. The van der Waals surface area contributed by atoms with Crippen molar-refractivity contribution in [3.63, 3.8) is 0 Å². The number of carbonyl (C=O) groups is 1. The number of rotatable bonds is 4. The van der Waals surface area contributed by atoms with E-state index < -0.39 is 29.7 Å². The maximum absolute atomic E-state index is 13.3. The normalized spacial score (nSPS) is 18.6. The minimum Gasteiger partial charge on any atom is -0.481 e. The van der Waals surface area contributed by atoms with Crippen molar-refractivity contribution in [1.82, 2.24) is 4.90 Å². The first-order chi connectivity index (χ1) is 13.8. The molecule has 29 heavy (non-hydrogen) atoms. The zero-order valence-corrected chi connectivity index (χ0v) is 15.5. The molecule has 0 saturated carbocycles. The van der Waals surface area contributed by atoms with Crippen molar-refractivity contribution in [1.29, 1.82) is 0 Å². The quantitative estimate of drug-likeness (QED) is 0.818. The summed E-state index contributed by atoms with van der Waals surface area (Å²) in [6.07, 6.45) is -3.53. The number of hydrogen-bond donors (Lipinski definition) is 1. The van der Waals surface area contributed by atoms with Gasteiger partial charge in [-0.25, -0.2) is 0 Å². The number of ether oxygens (including phenoxy) is 2. The van der Waals surface area contributed by atoms with Crippen LogP contribution in [0.15, 0.2) is 42.5 Å². The fraction of sp³-hybridized carbons (Fsp3) is 0.381. The topological polar surface area (TPSA) is 59.0 Å². The molecular weight excluding hydrogens is 387 g/mol. The van der Waals surface area contributed by atoms with Crippen molar-refractivity contribution in [2.24, 2.45) is 5.92 Å². The number of carboxylic acid groups (broad SMARTS) is 1. The molecule has 0 amide bonds. The molecule has 0 radical (unpaired) electrons. The monoisotopic (exact) mass is 407 g/mol. The molecule has 2 aliphatic rings. The SMILES string of the molecule is O=C(O)C1CCN(C(c2cccc(C(F)(F)F)c2)c2ccc3c(c2)OCO3)CC1. The third-order valence-corrected chi connectivity index (χ3v) is 5.49. The molecule has 1 unspecified atom stereocenters. The average molecular weight is 407 g/mol. The molecule has 0 aliphatic carbocycles. The minimum absolute atomic E-state index is 0.108. The van der Waals surface area contributed by atoms with Gasteiger partial charge in [0.1, 0.15) is 0 Å². The van der Waals surface area contributed by atoms with Crippen LogP contribution in [0.25, 0.3) is 0 Å². The van der Waals surface area contributed by atoms with Crippen LogP contribution in [0.3, 0.4) is 0 Å². The standard InChI is InChI=1S/C21H20F3NO4/c22-21(23,24)16-3-1-2-14(10-16)19(25-8-6-13(7-9-25)20(26)27)15-4-5-17-18(11-15)29-12-28-17/h1-5,10-11,13,19H,6-9,12H2,(H,26,27). The highest BCUT2D eigenvalue weighted by Gasteiger charge is 2.34. The van der Waals surface area contributed by atoms with Crippen molar-refractivity contribution in [3.05, 3.63) is 59.2 Å². The van der Waals surface area contributed by atoms with Gasteiger partial charge in [0, 0.05) is 0 Å². The van der Waals surface area contributed by atoms with E-state index in [4.69, 9.17) is 9.47 Å². The molecular formula is C21H20F3NO4. The highest BCUT2D eigenvalue weighted by atomic mass is 19.4. The number of halogens is 3. The summed E-state index contributed by atoms with van der Waals surface area (Å²) in [5.41, 5.74) is 0.580. The fourth-order valence-electron chi connectivity index (χ4n) is 3.99. The molecule has 5 nitrogen and oxygen atoms in total. The Labute approximate surface area is 165 Å². The largest absolute Gasteiger partial charge is 0.481 e. The molecule has 0 aromatic heterocycles. The molecule has 1 N–H and O–H groups in total. The van der Waals surface area contributed by atoms with Gasteiger partial charge in [0.2, 0.25) is 6.79 Å². The molecule has 8 heteroatoms. The van der Waals surface area contributed by atoms with E-state index >= 15 is 0 Å². The van der Waals surface area contributed by atoms with E-state index in [1.165, 1.54) is 12.1 Å². The Morgan fingerprint density at radius 2 is 1.72 bits per heavy atom. The Balaban J connectivity index is 1.71. The van der Waals surface area contributed by atoms with Crippen molar-refractivity contribution < 1.29 is 32.5 Å². The van der Waals surface area contributed by atoms with E-state index in [-0.39, 0.29) is 6.79 Å². The maximum atomic E-state index is 13.3. The van der Waals surface area contributed by atoms with Crippen molar-refractivity contribution in [2.45, 2.75) is 25.1 Å². The van der Waals surface area contributed by atoms with Crippen LogP contribution in [0.4, 0.5) is 13.2 Å². The lowest BCUT2D eigenvalue weighted by Gasteiger charge is -2.37. The van der Waals surface area contributed by atoms with Crippen LogP contribution in [0.5, 0.6) is 11.5 Å². The molecule has 0 bridgehead atoms. The van der Waals surface area contributed by atoms with Gasteiger partial charge in [0.15, 0.2) is 11.5 Å². The highest BCUT2D eigenvalue weighted by Crippen LogP contribution is 2.40. The van der Waals surface area contributed by atoms with Gasteiger partial charge in [-0.1, -0.05) is 18.2 Å². The summed E-state index contributed by atoms with van der Waals surface area (Å²) in [5, 5.41) is 9.25. The van der Waals surface area contributed by atoms with Crippen LogP contribution < -0.4 is 9.47 Å². The van der Waals surface area contributed by atoms with Crippen LogP contribution in [0.2, 0.25) is 0 Å². The second-order valence-electron chi connectivity index (χ2n) is 7.29. The first kappa shape index (κ1) is 19.6. The lowest BCUT2D eigenvalue weighted by molar-refractivity contribution is -0.143. The molecule has 4 rings (SSSR count). The number of benzene rings is 2. The molecule has 1 atom stereocenters. The number of carboxylic acids is 1. The van der Waals surface area contributed by atoms with Crippen LogP contribution in [0, 0.1) is 5.92 Å². The predicted octanol–water partition coefficient (Wildman–Crippen LogP) is 4.32. The van der Waals surface area contributed by atoms with Crippen LogP contribution in [-0.4, -0.2) is 35.9 Å². The van der Waals surface area contributed by atoms with Gasteiger partial charge in [-0.3, -0.25) is 9.69 Å². The number of piperidine rings is 1. The Kier molecular flexibility index (Phi) is 5.12. The number of hydrogen-bond acceptors (Lipinski definition) is 4. The van der Waals surface area contributed by atoms with Crippen molar-refractivity contribution in [2.75, 3.05) is 19.9 Å². The van der Waals surface area contributed by atoms with Gasteiger partial charge in [0.25, 0.3) is 0 Å². The van der Waals surface area contributed by atoms with Crippen molar-refractivity contribution >= 4 is 5.97 Å². The molecule has 2 aliphatic heterocycles. The summed E-state index contributed by atoms with van der Waals surface area (Å²) in [5.74, 6) is -0.102. The summed E-state index contributed by atoms with van der Waals surface area (Å²) in [6, 6.07) is 10.2. The first-order valence-corrected chi connectivity index (χ1v) is 9.36. The summed E-state index contributed by atoms with van der Waals surface area (Å²) < 4.78 is 50.6. The number of aliphatic carboxylic acids is 1. The number of nitrogens with zero attached hydrogens (tertiary/aromatic N) is 1. The number of alkyl halides is 3. The third kappa shape index (κ3) is 4.03. The zero-order valence-electron chi connectivity index (χ0n) is 15.5. The van der Waals surface area contributed by atoms with Gasteiger partial charge in [-0.15, -0.1) is 0 Å². The van der Waals surface area contributed by atoms with E-state index in [9.17, 15) is 23.1 Å². The number of fused-ring (bicyclic) bond motifs is 1. The van der Waals surface area contributed by atoms with Crippen molar-refractivity contribution in [3.8, 4) is 11.5 Å².